The molecule has 2 heterocycles. The van der Waals surface area contributed by atoms with E-state index in [1.165, 1.54) is 5.56 Å². The van der Waals surface area contributed by atoms with Crippen LogP contribution in [0.15, 0.2) is 55.1 Å². The number of ether oxygens (including phenoxy) is 5. The number of benzene rings is 3. The third-order valence-corrected chi connectivity index (χ3v) is 9.64. The summed E-state index contributed by atoms with van der Waals surface area (Å²) in [5.74, 6) is 4.34. The van der Waals surface area contributed by atoms with Gasteiger partial charge in [0.25, 0.3) is 0 Å². The Labute approximate surface area is 251 Å². The van der Waals surface area contributed by atoms with Gasteiger partial charge in [-0.25, -0.2) is 0 Å². The van der Waals surface area contributed by atoms with E-state index in [9.17, 15) is 0 Å². The fraction of sp³-hybridized carbons (Fsp3) is 0.432. The van der Waals surface area contributed by atoms with Gasteiger partial charge in [0.1, 0.15) is 29.5 Å². The maximum atomic E-state index is 6.77. The van der Waals surface area contributed by atoms with Crippen LogP contribution in [0.5, 0.6) is 28.7 Å². The quantitative estimate of drug-likeness (QED) is 0.242. The average molecular weight is 570 g/mol. The van der Waals surface area contributed by atoms with Crippen molar-refractivity contribution < 1.29 is 23.7 Å². The predicted molar refractivity (Wildman–Crippen MR) is 169 cm³/mol. The summed E-state index contributed by atoms with van der Waals surface area (Å²) >= 11 is 0. The largest absolute Gasteiger partial charge is 0.503 e. The first-order valence-corrected chi connectivity index (χ1v) is 14.8. The Hall–Kier alpha value is -3.73. The van der Waals surface area contributed by atoms with Crippen LogP contribution in [0.2, 0.25) is 0 Å². The van der Waals surface area contributed by atoms with E-state index < -0.39 is 0 Å². The second-order valence-corrected chi connectivity index (χ2v) is 12.9. The number of fused-ring (bicyclic) bond motifs is 2. The number of aryl methyl sites for hydroxylation is 1. The maximum Gasteiger partial charge on any atom is 0.165 e. The van der Waals surface area contributed by atoms with Crippen molar-refractivity contribution in [1.82, 2.24) is 0 Å². The number of rotatable bonds is 9. The van der Waals surface area contributed by atoms with Gasteiger partial charge >= 0.3 is 0 Å². The molecule has 0 fully saturated rings. The van der Waals surface area contributed by atoms with Gasteiger partial charge in [0.15, 0.2) is 11.5 Å². The lowest BCUT2D eigenvalue weighted by Crippen LogP contribution is -2.39. The molecule has 0 spiro atoms. The van der Waals surface area contributed by atoms with Crippen LogP contribution in [0.3, 0.4) is 0 Å². The van der Waals surface area contributed by atoms with Crippen LogP contribution in [0.4, 0.5) is 0 Å². The molecule has 0 amide bonds. The zero-order valence-corrected chi connectivity index (χ0v) is 26.8. The molecule has 0 N–H and O–H groups in total. The second-order valence-electron chi connectivity index (χ2n) is 12.9. The molecule has 3 aromatic rings. The number of hydrogen-bond donors (Lipinski definition) is 0. The molecule has 0 bridgehead atoms. The van der Waals surface area contributed by atoms with Gasteiger partial charge in [-0.2, -0.15) is 12.7 Å². The van der Waals surface area contributed by atoms with Gasteiger partial charge in [0.2, 0.25) is 0 Å². The lowest BCUT2D eigenvalue weighted by molar-refractivity contribution is 0.126. The SMILES string of the molecule is C=C[CH-]c1cc(OC)c2c(c1)C(C)C(C(C)(C)c1cc(OC)c3c(c1)C(C)C(C(C)(C)c1ccc(C)c(OC)c1)O3)O2. The van der Waals surface area contributed by atoms with E-state index in [1.54, 1.807) is 27.4 Å². The summed E-state index contributed by atoms with van der Waals surface area (Å²) in [4.78, 5) is 0. The van der Waals surface area contributed by atoms with Gasteiger partial charge in [-0.15, -0.1) is 18.1 Å². The van der Waals surface area contributed by atoms with Gasteiger partial charge in [0, 0.05) is 28.2 Å². The van der Waals surface area contributed by atoms with Gasteiger partial charge in [-0.1, -0.05) is 65.8 Å². The highest BCUT2D eigenvalue weighted by Crippen LogP contribution is 2.54. The van der Waals surface area contributed by atoms with Crippen molar-refractivity contribution in [3.05, 3.63) is 94.9 Å². The van der Waals surface area contributed by atoms with E-state index in [2.05, 4.69) is 91.4 Å². The van der Waals surface area contributed by atoms with Crippen molar-refractivity contribution >= 4 is 0 Å². The van der Waals surface area contributed by atoms with Crippen LogP contribution >= 0.6 is 0 Å². The van der Waals surface area contributed by atoms with Crippen LogP contribution < -0.4 is 23.7 Å². The van der Waals surface area contributed by atoms with Crippen molar-refractivity contribution in [2.45, 2.75) is 83.3 Å². The number of allylic oxidation sites excluding steroid dienone is 1. The van der Waals surface area contributed by atoms with E-state index in [4.69, 9.17) is 23.7 Å². The van der Waals surface area contributed by atoms with Crippen LogP contribution in [-0.2, 0) is 10.8 Å². The van der Waals surface area contributed by atoms with Gasteiger partial charge in [-0.3, -0.25) is 0 Å². The van der Waals surface area contributed by atoms with Crippen molar-refractivity contribution in [1.29, 1.82) is 0 Å². The first-order chi connectivity index (χ1) is 19.9. The van der Waals surface area contributed by atoms with Crippen LogP contribution in [0, 0.1) is 13.3 Å². The molecule has 0 aliphatic carbocycles. The third kappa shape index (κ3) is 4.67. The summed E-state index contributed by atoms with van der Waals surface area (Å²) in [5.41, 5.74) is 6.21. The summed E-state index contributed by atoms with van der Waals surface area (Å²) in [6.45, 7) is 19.4. The Bertz CT molecular complexity index is 1500. The smallest absolute Gasteiger partial charge is 0.165 e. The Morgan fingerprint density at radius 2 is 1.21 bits per heavy atom. The fourth-order valence-electron chi connectivity index (χ4n) is 6.98. The summed E-state index contributed by atoms with van der Waals surface area (Å²) in [5, 5.41) is 0. The molecular weight excluding hydrogens is 524 g/mol. The Balaban J connectivity index is 1.51. The van der Waals surface area contributed by atoms with Crippen LogP contribution in [0.1, 0.15) is 86.8 Å². The highest BCUT2D eigenvalue weighted by Gasteiger charge is 2.47. The topological polar surface area (TPSA) is 46.2 Å². The molecule has 3 aromatic carbocycles. The first-order valence-electron chi connectivity index (χ1n) is 14.8. The van der Waals surface area contributed by atoms with Crippen LogP contribution in [0.25, 0.3) is 0 Å². The van der Waals surface area contributed by atoms with E-state index in [0.29, 0.717) is 0 Å². The number of methoxy groups -OCH3 is 3. The molecule has 2 aliphatic heterocycles. The molecule has 0 radical (unpaired) electrons. The molecule has 5 nitrogen and oxygen atoms in total. The minimum atomic E-state index is -0.342. The van der Waals surface area contributed by atoms with Crippen molar-refractivity contribution in [3.8, 4) is 28.7 Å². The maximum absolute atomic E-state index is 6.77. The predicted octanol–water partition coefficient (Wildman–Crippen LogP) is 8.44. The van der Waals surface area contributed by atoms with Gasteiger partial charge < -0.3 is 23.7 Å². The van der Waals surface area contributed by atoms with E-state index in [-0.39, 0.29) is 34.9 Å². The van der Waals surface area contributed by atoms with Gasteiger partial charge in [0.05, 0.1) is 21.3 Å². The van der Waals surface area contributed by atoms with E-state index in [1.807, 2.05) is 12.5 Å². The van der Waals surface area contributed by atoms with Crippen molar-refractivity contribution in [3.63, 3.8) is 0 Å². The highest BCUT2D eigenvalue weighted by atomic mass is 16.5. The van der Waals surface area contributed by atoms with Crippen molar-refractivity contribution in [2.24, 2.45) is 0 Å². The summed E-state index contributed by atoms with van der Waals surface area (Å²) in [7, 11) is 5.13. The Morgan fingerprint density at radius 1 is 0.714 bits per heavy atom. The Morgan fingerprint density at radius 3 is 1.76 bits per heavy atom. The molecule has 42 heavy (non-hydrogen) atoms. The monoisotopic (exact) mass is 569 g/mol. The lowest BCUT2D eigenvalue weighted by atomic mass is 9.71. The minimum absolute atomic E-state index is 0.0816. The molecular formula is C37H45O5-. The summed E-state index contributed by atoms with van der Waals surface area (Å²) in [6.07, 6.45) is 3.60. The molecule has 224 valence electrons. The molecule has 4 atom stereocenters. The van der Waals surface area contributed by atoms with Crippen molar-refractivity contribution in [2.75, 3.05) is 21.3 Å². The second kappa shape index (κ2) is 10.8. The molecule has 0 saturated carbocycles. The standard InChI is InChI=1S/C37H45O5/c1-12-13-24-16-27-22(3)35(41-32(27)30(17-24)39-10)37(7,8)26-18-28-23(4)34(42-33(28)31(20-26)40-11)36(5,6)25-15-14-21(2)29(19-25)38-9/h12-20,22-23,34-35H,1H2,2-11H3/q-1. The third-order valence-electron chi connectivity index (χ3n) is 9.64. The average Bonchev–Trinajstić information content (AvgIpc) is 3.50. The minimum Gasteiger partial charge on any atom is -0.503 e. The lowest BCUT2D eigenvalue weighted by Gasteiger charge is -2.35. The molecule has 0 aromatic heterocycles. The first kappa shape index (κ1) is 29.8. The summed E-state index contributed by atoms with van der Waals surface area (Å²) in [6, 6.07) is 15.1. The molecule has 2 aliphatic rings. The molecule has 5 rings (SSSR count). The zero-order valence-electron chi connectivity index (χ0n) is 26.8. The van der Waals surface area contributed by atoms with E-state index in [0.717, 1.165) is 56.6 Å². The zero-order chi connectivity index (χ0) is 30.6. The molecule has 5 heteroatoms. The fourth-order valence-corrected chi connectivity index (χ4v) is 6.98. The van der Waals surface area contributed by atoms with Gasteiger partial charge in [-0.05, 0) is 41.3 Å². The van der Waals surface area contributed by atoms with Crippen LogP contribution in [-0.4, -0.2) is 33.5 Å². The number of hydrogen-bond acceptors (Lipinski definition) is 5. The molecule has 0 saturated heterocycles. The van der Waals surface area contributed by atoms with E-state index >= 15 is 0 Å². The highest BCUT2D eigenvalue weighted by molar-refractivity contribution is 5.59. The molecule has 4 unspecified atom stereocenters. The Kier molecular flexibility index (Phi) is 7.67. The normalized spacial score (nSPS) is 21.1. The summed E-state index contributed by atoms with van der Waals surface area (Å²) < 4.78 is 30.9.